The zero-order chi connectivity index (χ0) is 15.6. The number of rotatable bonds is 5. The fourth-order valence-corrected chi connectivity index (χ4v) is 3.24. The first kappa shape index (κ1) is 16.1. The second-order valence-electron chi connectivity index (χ2n) is 5.46. The van der Waals surface area contributed by atoms with E-state index in [1.165, 1.54) is 0 Å². The number of aryl methyl sites for hydroxylation is 1. The Bertz CT molecular complexity index is 587. The maximum Gasteiger partial charge on any atom is 0.259 e. The summed E-state index contributed by atoms with van der Waals surface area (Å²) in [4.78, 5) is 12.0. The number of amides is 1. The molecule has 0 bridgehead atoms. The van der Waals surface area contributed by atoms with E-state index < -0.39 is 5.54 Å². The third-order valence-corrected chi connectivity index (χ3v) is 4.31. The summed E-state index contributed by atoms with van der Waals surface area (Å²) in [6.07, 6.45) is 1.95. The maximum absolute atomic E-state index is 12.0. The van der Waals surface area contributed by atoms with E-state index in [-0.39, 0.29) is 18.4 Å². The molecule has 0 radical (unpaired) electrons. The third kappa shape index (κ3) is 3.90. The number of halogens is 2. The first-order chi connectivity index (χ1) is 9.85. The van der Waals surface area contributed by atoms with Crippen molar-refractivity contribution in [1.29, 1.82) is 5.26 Å². The lowest BCUT2D eigenvalue weighted by Crippen LogP contribution is -2.48. The van der Waals surface area contributed by atoms with Gasteiger partial charge in [0.15, 0.2) is 6.61 Å². The highest BCUT2D eigenvalue weighted by atomic mass is 79.9. The molecule has 2 rings (SSSR count). The van der Waals surface area contributed by atoms with Crippen LogP contribution in [0, 0.1) is 24.2 Å². The fourth-order valence-electron chi connectivity index (χ4n) is 2.22. The summed E-state index contributed by atoms with van der Waals surface area (Å²) in [6.45, 7) is 3.44. The molecule has 0 aromatic heterocycles. The van der Waals surface area contributed by atoms with E-state index in [9.17, 15) is 10.1 Å². The van der Waals surface area contributed by atoms with E-state index >= 15 is 0 Å². The van der Waals surface area contributed by atoms with E-state index in [0.717, 1.165) is 22.9 Å². The molecule has 1 atom stereocenters. The van der Waals surface area contributed by atoms with Gasteiger partial charge in [-0.2, -0.15) is 5.26 Å². The van der Waals surface area contributed by atoms with Crippen LogP contribution in [0.2, 0.25) is 5.02 Å². The Morgan fingerprint density at radius 3 is 2.81 bits per heavy atom. The van der Waals surface area contributed by atoms with E-state index in [4.69, 9.17) is 16.3 Å². The molecule has 0 aliphatic heterocycles. The van der Waals surface area contributed by atoms with Gasteiger partial charge in [-0.25, -0.2) is 0 Å². The summed E-state index contributed by atoms with van der Waals surface area (Å²) >= 11 is 9.44. The van der Waals surface area contributed by atoms with Crippen LogP contribution >= 0.6 is 27.5 Å². The largest absolute Gasteiger partial charge is 0.482 e. The molecule has 21 heavy (non-hydrogen) atoms. The van der Waals surface area contributed by atoms with Crippen molar-refractivity contribution >= 4 is 33.4 Å². The molecule has 1 N–H and O–H groups in total. The number of nitriles is 1. The van der Waals surface area contributed by atoms with Crippen LogP contribution in [0.3, 0.4) is 0 Å². The van der Waals surface area contributed by atoms with Crippen molar-refractivity contribution < 1.29 is 9.53 Å². The second-order valence-corrected chi connectivity index (χ2v) is 6.78. The van der Waals surface area contributed by atoms with Gasteiger partial charge in [-0.1, -0.05) is 27.5 Å². The average Bonchev–Trinajstić information content (AvgIpc) is 3.21. The Morgan fingerprint density at radius 2 is 2.29 bits per heavy atom. The Hall–Kier alpha value is -1.25. The minimum atomic E-state index is -0.807. The smallest absolute Gasteiger partial charge is 0.259 e. The third-order valence-electron chi connectivity index (χ3n) is 3.57. The van der Waals surface area contributed by atoms with Crippen molar-refractivity contribution in [3.63, 3.8) is 0 Å². The predicted octanol–water partition coefficient (Wildman–Crippen LogP) is 3.60. The molecule has 1 aromatic rings. The zero-order valence-corrected chi connectivity index (χ0v) is 14.2. The summed E-state index contributed by atoms with van der Waals surface area (Å²) in [7, 11) is 0. The summed E-state index contributed by atoms with van der Waals surface area (Å²) in [5.41, 5.74) is 0.0336. The quantitative estimate of drug-likeness (QED) is 0.860. The number of nitrogens with one attached hydrogen (secondary N) is 1. The van der Waals surface area contributed by atoms with Gasteiger partial charge in [0.25, 0.3) is 5.91 Å². The molecule has 0 unspecified atom stereocenters. The molecular weight excluding hydrogens is 356 g/mol. The Balaban J connectivity index is 1.97. The molecule has 0 spiro atoms. The van der Waals surface area contributed by atoms with Gasteiger partial charge in [0.1, 0.15) is 11.3 Å². The number of hydrogen-bond donors (Lipinski definition) is 1. The van der Waals surface area contributed by atoms with Crippen LogP contribution in [-0.4, -0.2) is 18.1 Å². The summed E-state index contributed by atoms with van der Waals surface area (Å²) < 4.78 is 6.35. The zero-order valence-electron chi connectivity index (χ0n) is 11.9. The Morgan fingerprint density at radius 1 is 1.62 bits per heavy atom. The van der Waals surface area contributed by atoms with Gasteiger partial charge in [-0.15, -0.1) is 0 Å². The Kier molecular flexibility index (Phi) is 4.80. The number of ether oxygens (including phenoxy) is 1. The highest BCUT2D eigenvalue weighted by Gasteiger charge is 2.43. The normalized spacial score (nSPS) is 16.7. The average molecular weight is 372 g/mol. The van der Waals surface area contributed by atoms with E-state index in [0.29, 0.717) is 10.8 Å². The molecule has 0 saturated heterocycles. The minimum Gasteiger partial charge on any atom is -0.482 e. The second kappa shape index (κ2) is 6.25. The van der Waals surface area contributed by atoms with Crippen molar-refractivity contribution in [2.75, 3.05) is 6.61 Å². The van der Waals surface area contributed by atoms with Crippen LogP contribution in [0.5, 0.6) is 5.75 Å². The van der Waals surface area contributed by atoms with Crippen molar-refractivity contribution in [1.82, 2.24) is 5.32 Å². The molecule has 4 nitrogen and oxygen atoms in total. The van der Waals surface area contributed by atoms with Gasteiger partial charge in [0.05, 0.1) is 11.1 Å². The molecule has 1 aromatic carbocycles. The molecule has 1 fully saturated rings. The van der Waals surface area contributed by atoms with Crippen LogP contribution in [0.4, 0.5) is 0 Å². The first-order valence-electron chi connectivity index (χ1n) is 6.66. The van der Waals surface area contributed by atoms with Gasteiger partial charge < -0.3 is 10.1 Å². The molecular formula is C15H16BrClN2O2. The van der Waals surface area contributed by atoms with Gasteiger partial charge in [0.2, 0.25) is 0 Å². The van der Waals surface area contributed by atoms with E-state index in [1.54, 1.807) is 13.0 Å². The lowest BCUT2D eigenvalue weighted by molar-refractivity contribution is -0.124. The van der Waals surface area contributed by atoms with E-state index in [1.807, 2.05) is 13.0 Å². The summed E-state index contributed by atoms with van der Waals surface area (Å²) in [5.74, 6) is 0.411. The van der Waals surface area contributed by atoms with Gasteiger partial charge in [-0.05, 0) is 50.3 Å². The van der Waals surface area contributed by atoms with Crippen molar-refractivity contribution in [3.8, 4) is 11.8 Å². The SMILES string of the molecule is Cc1cc(Br)cc(Cl)c1OCC(=O)N[C@](C)(C#N)C1CC1. The van der Waals surface area contributed by atoms with Crippen molar-refractivity contribution in [2.45, 2.75) is 32.2 Å². The van der Waals surface area contributed by atoms with Gasteiger partial charge in [0, 0.05) is 4.47 Å². The van der Waals surface area contributed by atoms with Crippen LogP contribution in [0.15, 0.2) is 16.6 Å². The van der Waals surface area contributed by atoms with Gasteiger partial charge in [-0.3, -0.25) is 4.79 Å². The van der Waals surface area contributed by atoms with Crippen LogP contribution in [0.1, 0.15) is 25.3 Å². The molecule has 1 saturated carbocycles. The molecule has 1 aliphatic carbocycles. The molecule has 0 heterocycles. The topological polar surface area (TPSA) is 62.1 Å². The number of hydrogen-bond acceptors (Lipinski definition) is 3. The highest BCUT2D eigenvalue weighted by Crippen LogP contribution is 2.39. The predicted molar refractivity (Wildman–Crippen MR) is 84.3 cm³/mol. The van der Waals surface area contributed by atoms with Crippen LogP contribution in [0.25, 0.3) is 0 Å². The lowest BCUT2D eigenvalue weighted by atomic mass is 9.98. The van der Waals surface area contributed by atoms with Crippen molar-refractivity contribution in [3.05, 3.63) is 27.2 Å². The fraction of sp³-hybridized carbons (Fsp3) is 0.467. The highest BCUT2D eigenvalue weighted by molar-refractivity contribution is 9.10. The summed E-state index contributed by atoms with van der Waals surface area (Å²) in [6, 6.07) is 5.76. The molecule has 1 amide bonds. The maximum atomic E-state index is 12.0. The standard InChI is InChI=1S/C15H16BrClN2O2/c1-9-5-11(16)6-12(17)14(9)21-7-13(20)19-15(2,8-18)10-3-4-10/h5-6,10H,3-4,7H2,1-2H3,(H,19,20)/t15-/m1/s1. The number of carbonyl (C=O) groups is 1. The number of carbonyl (C=O) groups excluding carboxylic acids is 1. The van der Waals surface area contributed by atoms with Crippen LogP contribution in [-0.2, 0) is 4.79 Å². The number of benzene rings is 1. The number of nitrogens with zero attached hydrogens (tertiary/aromatic N) is 1. The van der Waals surface area contributed by atoms with Crippen LogP contribution < -0.4 is 10.1 Å². The first-order valence-corrected chi connectivity index (χ1v) is 7.83. The monoisotopic (exact) mass is 370 g/mol. The minimum absolute atomic E-state index is 0.161. The van der Waals surface area contributed by atoms with Gasteiger partial charge >= 0.3 is 0 Å². The summed E-state index contributed by atoms with van der Waals surface area (Å²) in [5, 5.41) is 12.4. The Labute approximate surface area is 137 Å². The van der Waals surface area contributed by atoms with E-state index in [2.05, 4.69) is 27.3 Å². The molecule has 6 heteroatoms. The van der Waals surface area contributed by atoms with Crippen molar-refractivity contribution in [2.24, 2.45) is 5.92 Å². The molecule has 1 aliphatic rings. The molecule has 112 valence electrons. The lowest BCUT2D eigenvalue weighted by Gasteiger charge is -2.23.